The molecule has 2 rings (SSSR count). The molecular weight excluding hydrogens is 301 g/mol. The highest BCUT2D eigenvalue weighted by molar-refractivity contribution is 6.42. The second kappa shape index (κ2) is 5.53. The minimum atomic E-state index is -0.579. The fourth-order valence-electron chi connectivity index (χ4n) is 1.76. The molecule has 0 saturated heterocycles. The molecule has 0 fully saturated rings. The van der Waals surface area contributed by atoms with Gasteiger partial charge in [0.1, 0.15) is 11.8 Å². The molecule has 0 aliphatic heterocycles. The largest absolute Gasteiger partial charge is 0.332 e. The third-order valence-corrected chi connectivity index (χ3v) is 3.74. The quantitative estimate of drug-likeness (QED) is 0.849. The Morgan fingerprint density at radius 3 is 2.65 bits per heavy atom. The third-order valence-electron chi connectivity index (χ3n) is 2.88. The Bertz CT molecular complexity index is 831. The molecule has 0 N–H and O–H groups in total. The molecule has 0 bridgehead atoms. The zero-order valence-corrected chi connectivity index (χ0v) is 11.9. The van der Waals surface area contributed by atoms with E-state index in [1.807, 2.05) is 0 Å². The van der Waals surface area contributed by atoms with Gasteiger partial charge in [0.15, 0.2) is 0 Å². The Hall–Kier alpha value is -2.03. The molecule has 2 aromatic rings. The maximum Gasteiger partial charge on any atom is 0.332 e. The van der Waals surface area contributed by atoms with Gasteiger partial charge in [0.25, 0.3) is 5.56 Å². The molecule has 20 heavy (non-hydrogen) atoms. The van der Waals surface area contributed by atoms with Gasteiger partial charge in [-0.05, 0) is 11.6 Å². The van der Waals surface area contributed by atoms with Gasteiger partial charge in [-0.1, -0.05) is 35.3 Å². The van der Waals surface area contributed by atoms with Crippen molar-refractivity contribution in [3.05, 3.63) is 66.4 Å². The number of benzene rings is 1. The van der Waals surface area contributed by atoms with Crippen molar-refractivity contribution in [3.63, 3.8) is 0 Å². The zero-order valence-electron chi connectivity index (χ0n) is 10.4. The molecule has 0 aliphatic rings. The average Bonchev–Trinajstić information content (AvgIpc) is 2.43. The minimum Gasteiger partial charge on any atom is -0.288 e. The van der Waals surface area contributed by atoms with Crippen molar-refractivity contribution in [1.82, 2.24) is 9.13 Å². The van der Waals surface area contributed by atoms with Crippen LogP contribution in [0.1, 0.15) is 11.3 Å². The third kappa shape index (κ3) is 2.48. The summed E-state index contributed by atoms with van der Waals surface area (Å²) in [7, 11) is 1.43. The molecule has 0 radical (unpaired) electrons. The summed E-state index contributed by atoms with van der Waals surface area (Å²) in [5, 5.41) is 9.48. The molecule has 102 valence electrons. The van der Waals surface area contributed by atoms with E-state index < -0.39 is 11.2 Å². The summed E-state index contributed by atoms with van der Waals surface area (Å²) in [6.45, 7) is -0.00336. The number of halogens is 2. The van der Waals surface area contributed by atoms with E-state index in [4.69, 9.17) is 28.5 Å². The monoisotopic (exact) mass is 309 g/mol. The first-order chi connectivity index (χ1) is 9.45. The topological polar surface area (TPSA) is 67.8 Å². The maximum absolute atomic E-state index is 12.1. The van der Waals surface area contributed by atoms with E-state index in [0.717, 1.165) is 15.2 Å². The van der Waals surface area contributed by atoms with Crippen LogP contribution >= 0.6 is 23.2 Å². The van der Waals surface area contributed by atoms with Crippen molar-refractivity contribution in [2.45, 2.75) is 6.54 Å². The zero-order chi connectivity index (χ0) is 14.9. The predicted octanol–water partition coefficient (Wildman–Crippen LogP) is 1.77. The number of nitriles is 1. The van der Waals surface area contributed by atoms with Crippen LogP contribution in [0.4, 0.5) is 0 Å². The lowest BCUT2D eigenvalue weighted by molar-refractivity contribution is 0.634. The van der Waals surface area contributed by atoms with E-state index in [2.05, 4.69) is 0 Å². The van der Waals surface area contributed by atoms with E-state index in [1.165, 1.54) is 7.05 Å². The van der Waals surface area contributed by atoms with Gasteiger partial charge < -0.3 is 0 Å². The molecule has 0 unspecified atom stereocenters. The van der Waals surface area contributed by atoms with Gasteiger partial charge in [0.05, 0.1) is 16.6 Å². The minimum absolute atomic E-state index is 0.00336. The predicted molar refractivity (Wildman–Crippen MR) is 76.2 cm³/mol. The second-order valence-corrected chi connectivity index (χ2v) is 4.91. The highest BCUT2D eigenvalue weighted by atomic mass is 35.5. The number of rotatable bonds is 2. The molecule has 0 aliphatic carbocycles. The van der Waals surface area contributed by atoms with Crippen LogP contribution in [0.2, 0.25) is 10.0 Å². The normalized spacial score (nSPS) is 10.3. The van der Waals surface area contributed by atoms with Crippen molar-refractivity contribution >= 4 is 23.2 Å². The fourth-order valence-corrected chi connectivity index (χ4v) is 2.14. The Labute approximate surface area is 124 Å². The van der Waals surface area contributed by atoms with E-state index in [1.54, 1.807) is 24.3 Å². The molecule has 7 heteroatoms. The second-order valence-electron chi connectivity index (χ2n) is 4.12. The molecule has 0 saturated carbocycles. The van der Waals surface area contributed by atoms with Crippen LogP contribution in [-0.2, 0) is 13.6 Å². The van der Waals surface area contributed by atoms with Crippen LogP contribution in [-0.4, -0.2) is 9.13 Å². The van der Waals surface area contributed by atoms with E-state index in [9.17, 15) is 9.59 Å². The van der Waals surface area contributed by atoms with Gasteiger partial charge in [0, 0.05) is 13.1 Å². The lowest BCUT2D eigenvalue weighted by Crippen LogP contribution is -2.39. The molecule has 0 atom stereocenters. The number of aromatic nitrogens is 2. The van der Waals surface area contributed by atoms with Crippen molar-refractivity contribution in [2.24, 2.45) is 7.05 Å². The Morgan fingerprint density at radius 2 is 2.00 bits per heavy atom. The van der Waals surface area contributed by atoms with Crippen LogP contribution in [0.5, 0.6) is 0 Å². The molecule has 0 spiro atoms. The van der Waals surface area contributed by atoms with Crippen LogP contribution in [0.15, 0.2) is 33.9 Å². The molecule has 1 aromatic heterocycles. The Balaban J connectivity index is 2.59. The van der Waals surface area contributed by atoms with E-state index in [0.29, 0.717) is 15.6 Å². The van der Waals surface area contributed by atoms with Crippen LogP contribution in [0.25, 0.3) is 0 Å². The fraction of sp³-hybridized carbons (Fsp3) is 0.154. The summed E-state index contributed by atoms with van der Waals surface area (Å²) < 4.78 is 2.11. The molecule has 1 heterocycles. The van der Waals surface area contributed by atoms with Crippen molar-refractivity contribution < 1.29 is 0 Å². The van der Waals surface area contributed by atoms with Gasteiger partial charge in [-0.2, -0.15) is 5.26 Å². The first-order valence-corrected chi connectivity index (χ1v) is 6.35. The summed E-state index contributed by atoms with van der Waals surface area (Å²) in [5.74, 6) is 0. The van der Waals surface area contributed by atoms with Gasteiger partial charge >= 0.3 is 5.69 Å². The van der Waals surface area contributed by atoms with Gasteiger partial charge in [-0.25, -0.2) is 4.79 Å². The average molecular weight is 310 g/mol. The molecule has 0 amide bonds. The number of hydrogen-bond acceptors (Lipinski definition) is 3. The van der Waals surface area contributed by atoms with Crippen LogP contribution < -0.4 is 11.2 Å². The molecule has 1 aromatic carbocycles. The van der Waals surface area contributed by atoms with Gasteiger partial charge in [-0.3, -0.25) is 13.9 Å². The summed E-state index contributed by atoms with van der Waals surface area (Å²) in [5.41, 5.74) is -0.567. The van der Waals surface area contributed by atoms with E-state index >= 15 is 0 Å². The summed E-state index contributed by atoms with van der Waals surface area (Å²) in [6.07, 6.45) is 0. The number of nitrogens with zero attached hydrogens (tertiary/aromatic N) is 3. The standard InChI is InChI=1S/C13H9Cl2N3O2/c1-17-9(6-16)5-11(19)18(13(17)20)7-8-3-2-4-10(14)12(8)15/h2-5H,7H2,1H3. The van der Waals surface area contributed by atoms with Crippen molar-refractivity contribution in [3.8, 4) is 6.07 Å². The van der Waals surface area contributed by atoms with Crippen LogP contribution in [0.3, 0.4) is 0 Å². The summed E-state index contributed by atoms with van der Waals surface area (Å²) in [6, 6.07) is 7.88. The molecule has 5 nitrogen and oxygen atoms in total. The van der Waals surface area contributed by atoms with Gasteiger partial charge in [-0.15, -0.1) is 0 Å². The van der Waals surface area contributed by atoms with Gasteiger partial charge in [0.2, 0.25) is 0 Å². The highest BCUT2D eigenvalue weighted by Gasteiger charge is 2.11. The smallest absolute Gasteiger partial charge is 0.288 e. The summed E-state index contributed by atoms with van der Waals surface area (Å²) in [4.78, 5) is 24.0. The Morgan fingerprint density at radius 1 is 1.30 bits per heavy atom. The lowest BCUT2D eigenvalue weighted by atomic mass is 10.2. The summed E-state index contributed by atoms with van der Waals surface area (Å²) >= 11 is 11.9. The lowest BCUT2D eigenvalue weighted by Gasteiger charge is -2.10. The maximum atomic E-state index is 12.1. The van der Waals surface area contributed by atoms with Crippen molar-refractivity contribution in [2.75, 3.05) is 0 Å². The Kier molecular flexibility index (Phi) is 3.98. The van der Waals surface area contributed by atoms with Crippen molar-refractivity contribution in [1.29, 1.82) is 5.26 Å². The van der Waals surface area contributed by atoms with E-state index in [-0.39, 0.29) is 12.2 Å². The number of hydrogen-bond donors (Lipinski definition) is 0. The van der Waals surface area contributed by atoms with Crippen LogP contribution in [0, 0.1) is 11.3 Å². The first-order valence-electron chi connectivity index (χ1n) is 5.59. The SMILES string of the molecule is Cn1c(C#N)cc(=O)n(Cc2cccc(Cl)c2Cl)c1=O. The first kappa shape index (κ1) is 14.4. The molecular formula is C13H9Cl2N3O2. The highest BCUT2D eigenvalue weighted by Crippen LogP contribution is 2.25.